The van der Waals surface area contributed by atoms with E-state index in [1.54, 1.807) is 11.9 Å². The van der Waals surface area contributed by atoms with Gasteiger partial charge >= 0.3 is 0 Å². The van der Waals surface area contributed by atoms with Crippen molar-refractivity contribution in [2.24, 2.45) is 0 Å². The number of halogens is 2. The van der Waals surface area contributed by atoms with Crippen LogP contribution < -0.4 is 0 Å². The molecule has 0 aliphatic rings. The van der Waals surface area contributed by atoms with Crippen LogP contribution in [0.3, 0.4) is 0 Å². The molecule has 1 atom stereocenters. The first-order chi connectivity index (χ1) is 9.11. The van der Waals surface area contributed by atoms with Gasteiger partial charge in [-0.25, -0.2) is 0 Å². The van der Waals surface area contributed by atoms with Crippen molar-refractivity contribution in [3.63, 3.8) is 0 Å². The molecular formula is C15H29Cl2NO. The molecule has 0 aromatic heterocycles. The first-order valence-corrected chi connectivity index (χ1v) is 8.52. The normalized spacial score (nSPS) is 12.4. The summed E-state index contributed by atoms with van der Waals surface area (Å²) in [5, 5.41) is 0.0530. The first kappa shape index (κ1) is 19.1. The third-order valence-electron chi connectivity index (χ3n) is 3.38. The number of amides is 1. The van der Waals surface area contributed by atoms with Gasteiger partial charge in [0.05, 0.1) is 5.38 Å². The summed E-state index contributed by atoms with van der Waals surface area (Å²) >= 11 is 11.7. The lowest BCUT2D eigenvalue weighted by molar-refractivity contribution is -0.127. The average Bonchev–Trinajstić information content (AvgIpc) is 2.40. The Morgan fingerprint density at radius 1 is 1.05 bits per heavy atom. The molecule has 0 bridgehead atoms. The number of alkyl halides is 2. The van der Waals surface area contributed by atoms with Crippen molar-refractivity contribution >= 4 is 29.1 Å². The number of nitrogens with zero attached hydrogens (tertiary/aromatic N) is 1. The monoisotopic (exact) mass is 309 g/mol. The van der Waals surface area contributed by atoms with Crippen LogP contribution in [-0.4, -0.2) is 35.7 Å². The first-order valence-electron chi connectivity index (χ1n) is 7.55. The van der Waals surface area contributed by atoms with Crippen molar-refractivity contribution < 1.29 is 4.79 Å². The predicted molar refractivity (Wildman–Crippen MR) is 85.2 cm³/mol. The van der Waals surface area contributed by atoms with Gasteiger partial charge in [-0.1, -0.05) is 58.3 Å². The zero-order valence-corrected chi connectivity index (χ0v) is 14.0. The van der Waals surface area contributed by atoms with E-state index in [-0.39, 0.29) is 17.2 Å². The molecule has 114 valence electrons. The minimum atomic E-state index is -0.0526. The fourth-order valence-electron chi connectivity index (χ4n) is 2.09. The maximum absolute atomic E-state index is 11.3. The molecule has 0 rings (SSSR count). The number of rotatable bonds is 12. The summed E-state index contributed by atoms with van der Waals surface area (Å²) in [5.41, 5.74) is 0. The number of hydrogen-bond donors (Lipinski definition) is 0. The van der Waals surface area contributed by atoms with Crippen LogP contribution in [0.5, 0.6) is 0 Å². The van der Waals surface area contributed by atoms with Crippen LogP contribution in [0.4, 0.5) is 0 Å². The highest BCUT2D eigenvalue weighted by molar-refractivity contribution is 6.27. The van der Waals surface area contributed by atoms with Gasteiger partial charge < -0.3 is 4.90 Å². The Morgan fingerprint density at radius 3 is 2.11 bits per heavy atom. The lowest BCUT2D eigenvalue weighted by Crippen LogP contribution is -2.33. The van der Waals surface area contributed by atoms with E-state index >= 15 is 0 Å². The van der Waals surface area contributed by atoms with E-state index in [0.29, 0.717) is 6.54 Å². The minimum Gasteiger partial charge on any atom is -0.343 e. The fraction of sp³-hybridized carbons (Fsp3) is 0.933. The second-order valence-electron chi connectivity index (χ2n) is 5.27. The van der Waals surface area contributed by atoms with E-state index in [0.717, 1.165) is 12.8 Å². The van der Waals surface area contributed by atoms with Crippen LogP contribution in [0, 0.1) is 0 Å². The Labute approximate surface area is 128 Å². The highest BCUT2D eigenvalue weighted by atomic mass is 35.5. The molecule has 0 aromatic rings. The molecule has 2 nitrogen and oxygen atoms in total. The summed E-state index contributed by atoms with van der Waals surface area (Å²) in [6.45, 7) is 2.84. The van der Waals surface area contributed by atoms with E-state index < -0.39 is 0 Å². The number of carbonyl (C=O) groups is 1. The molecule has 0 aliphatic carbocycles. The average molecular weight is 310 g/mol. The minimum absolute atomic E-state index is 0.0396. The molecule has 0 aliphatic heterocycles. The maximum atomic E-state index is 11.3. The number of carbonyl (C=O) groups excluding carboxylic acids is 1. The predicted octanol–water partition coefficient (Wildman–Crippen LogP) is 4.82. The SMILES string of the molecule is CCCCCCCCCCC(Cl)CN(C)C(=O)CCl. The molecule has 0 saturated carbocycles. The van der Waals surface area contributed by atoms with Gasteiger partial charge in [0.15, 0.2) is 0 Å². The molecule has 0 spiro atoms. The third-order valence-corrected chi connectivity index (χ3v) is 3.97. The van der Waals surface area contributed by atoms with Gasteiger partial charge in [-0.05, 0) is 6.42 Å². The van der Waals surface area contributed by atoms with Crippen LogP contribution in [0.25, 0.3) is 0 Å². The Kier molecular flexibility index (Phi) is 13.1. The van der Waals surface area contributed by atoms with Gasteiger partial charge in [0.1, 0.15) is 5.88 Å². The van der Waals surface area contributed by atoms with E-state index in [2.05, 4.69) is 6.92 Å². The lowest BCUT2D eigenvalue weighted by atomic mass is 10.1. The quantitative estimate of drug-likeness (QED) is 0.374. The summed E-state index contributed by atoms with van der Waals surface area (Å²) in [6, 6.07) is 0. The molecule has 1 unspecified atom stereocenters. The molecule has 0 N–H and O–H groups in total. The third kappa shape index (κ3) is 11.6. The van der Waals surface area contributed by atoms with Crippen LogP contribution >= 0.6 is 23.2 Å². The van der Waals surface area contributed by atoms with E-state index in [9.17, 15) is 4.79 Å². The zero-order valence-electron chi connectivity index (χ0n) is 12.5. The lowest BCUT2D eigenvalue weighted by Gasteiger charge is -2.19. The van der Waals surface area contributed by atoms with E-state index in [1.165, 1.54) is 44.9 Å². The van der Waals surface area contributed by atoms with Crippen molar-refractivity contribution in [1.82, 2.24) is 4.90 Å². The largest absolute Gasteiger partial charge is 0.343 e. The molecule has 0 radical (unpaired) electrons. The Balaban J connectivity index is 3.38. The highest BCUT2D eigenvalue weighted by Crippen LogP contribution is 2.13. The molecule has 0 fully saturated rings. The summed E-state index contributed by atoms with van der Waals surface area (Å²) in [5.74, 6) is -0.0130. The zero-order chi connectivity index (χ0) is 14.5. The topological polar surface area (TPSA) is 20.3 Å². The Hall–Kier alpha value is 0.0500. The smallest absolute Gasteiger partial charge is 0.237 e. The van der Waals surface area contributed by atoms with Gasteiger partial charge in [0.25, 0.3) is 0 Å². The Bertz CT molecular complexity index is 224. The summed E-state index contributed by atoms with van der Waals surface area (Å²) < 4.78 is 0. The molecular weight excluding hydrogens is 281 g/mol. The van der Waals surface area contributed by atoms with Crippen LogP contribution in [0.2, 0.25) is 0 Å². The van der Waals surface area contributed by atoms with Gasteiger partial charge in [0, 0.05) is 13.6 Å². The van der Waals surface area contributed by atoms with Gasteiger partial charge in [-0.2, -0.15) is 0 Å². The summed E-state index contributed by atoms with van der Waals surface area (Å²) in [7, 11) is 1.76. The van der Waals surface area contributed by atoms with Crippen molar-refractivity contribution in [2.45, 2.75) is 70.1 Å². The van der Waals surface area contributed by atoms with Gasteiger partial charge in [-0.15, -0.1) is 23.2 Å². The van der Waals surface area contributed by atoms with Gasteiger partial charge in [0.2, 0.25) is 5.91 Å². The molecule has 1 amide bonds. The number of hydrogen-bond acceptors (Lipinski definition) is 1. The second-order valence-corrected chi connectivity index (χ2v) is 6.15. The van der Waals surface area contributed by atoms with Crippen molar-refractivity contribution in [2.75, 3.05) is 19.5 Å². The molecule has 19 heavy (non-hydrogen) atoms. The highest BCUT2D eigenvalue weighted by Gasteiger charge is 2.12. The fourth-order valence-corrected chi connectivity index (χ4v) is 2.66. The van der Waals surface area contributed by atoms with Crippen molar-refractivity contribution in [3.05, 3.63) is 0 Å². The van der Waals surface area contributed by atoms with Crippen LogP contribution in [0.1, 0.15) is 64.7 Å². The van der Waals surface area contributed by atoms with E-state index in [4.69, 9.17) is 23.2 Å². The summed E-state index contributed by atoms with van der Waals surface area (Å²) in [4.78, 5) is 12.9. The van der Waals surface area contributed by atoms with Crippen LogP contribution in [-0.2, 0) is 4.79 Å². The van der Waals surface area contributed by atoms with Crippen LogP contribution in [0.15, 0.2) is 0 Å². The van der Waals surface area contributed by atoms with Crippen molar-refractivity contribution in [1.29, 1.82) is 0 Å². The second kappa shape index (κ2) is 13.1. The standard InChI is InChI=1S/C15H29Cl2NO/c1-3-4-5-6-7-8-9-10-11-14(17)13-18(2)15(19)12-16/h14H,3-13H2,1-2H3. The molecule has 0 saturated heterocycles. The summed E-state index contributed by atoms with van der Waals surface area (Å²) in [6.07, 6.45) is 11.5. The van der Waals surface area contributed by atoms with Crippen molar-refractivity contribution in [3.8, 4) is 0 Å². The number of unbranched alkanes of at least 4 members (excludes halogenated alkanes) is 7. The van der Waals surface area contributed by atoms with E-state index in [1.807, 2.05) is 0 Å². The maximum Gasteiger partial charge on any atom is 0.237 e. The Morgan fingerprint density at radius 2 is 1.58 bits per heavy atom. The molecule has 4 heteroatoms. The molecule has 0 aromatic carbocycles. The molecule has 0 heterocycles. The van der Waals surface area contributed by atoms with Gasteiger partial charge in [-0.3, -0.25) is 4.79 Å².